The van der Waals surface area contributed by atoms with Gasteiger partial charge in [0.05, 0.1) is 6.04 Å². The SMILES string of the molecule is Cc1cc(C)n2cnc(C(=O)N[C@H](C)c3ccccc3C)c2n1. The van der Waals surface area contributed by atoms with Crippen LogP contribution >= 0.6 is 0 Å². The van der Waals surface area contributed by atoms with Crippen LogP contribution in [0.1, 0.15) is 46.0 Å². The number of amides is 1. The Morgan fingerprint density at radius 2 is 1.96 bits per heavy atom. The quantitative estimate of drug-likeness (QED) is 0.808. The van der Waals surface area contributed by atoms with Gasteiger partial charge in [0.15, 0.2) is 11.3 Å². The number of nitrogens with zero attached hydrogens (tertiary/aromatic N) is 3. The van der Waals surface area contributed by atoms with Gasteiger partial charge in [0.25, 0.3) is 5.91 Å². The molecule has 3 aromatic rings. The smallest absolute Gasteiger partial charge is 0.274 e. The van der Waals surface area contributed by atoms with Crippen LogP contribution in [0, 0.1) is 20.8 Å². The van der Waals surface area contributed by atoms with Gasteiger partial charge in [-0.25, -0.2) is 9.97 Å². The lowest BCUT2D eigenvalue weighted by atomic mass is 10.0. The Balaban J connectivity index is 1.91. The minimum absolute atomic E-state index is 0.0913. The maximum Gasteiger partial charge on any atom is 0.274 e. The number of fused-ring (bicyclic) bond motifs is 1. The molecule has 0 unspecified atom stereocenters. The topological polar surface area (TPSA) is 59.3 Å². The summed E-state index contributed by atoms with van der Waals surface area (Å²) in [6.45, 7) is 7.90. The highest BCUT2D eigenvalue weighted by Gasteiger charge is 2.19. The number of nitrogens with one attached hydrogen (secondary N) is 1. The van der Waals surface area contributed by atoms with Crippen molar-refractivity contribution >= 4 is 11.6 Å². The molecule has 0 spiro atoms. The van der Waals surface area contributed by atoms with E-state index in [9.17, 15) is 4.79 Å². The summed E-state index contributed by atoms with van der Waals surface area (Å²) in [5, 5.41) is 3.02. The third-order valence-corrected chi connectivity index (χ3v) is 4.04. The fraction of sp³-hybridized carbons (Fsp3) is 0.278. The van der Waals surface area contributed by atoms with Crippen molar-refractivity contribution in [3.63, 3.8) is 0 Å². The van der Waals surface area contributed by atoms with Crippen molar-refractivity contribution in [2.24, 2.45) is 0 Å². The second kappa shape index (κ2) is 5.83. The second-order valence-electron chi connectivity index (χ2n) is 5.88. The molecule has 0 aliphatic rings. The summed E-state index contributed by atoms with van der Waals surface area (Å²) in [6, 6.07) is 9.91. The molecule has 1 amide bonds. The third-order valence-electron chi connectivity index (χ3n) is 4.04. The molecule has 2 aromatic heterocycles. The summed E-state index contributed by atoms with van der Waals surface area (Å²) < 4.78 is 1.83. The van der Waals surface area contributed by atoms with Gasteiger partial charge in [0.2, 0.25) is 0 Å². The van der Waals surface area contributed by atoms with E-state index in [0.717, 1.165) is 22.5 Å². The van der Waals surface area contributed by atoms with Gasteiger partial charge in [-0.05, 0) is 44.9 Å². The minimum atomic E-state index is -0.208. The molecule has 23 heavy (non-hydrogen) atoms. The van der Waals surface area contributed by atoms with E-state index in [0.29, 0.717) is 11.3 Å². The van der Waals surface area contributed by atoms with Gasteiger partial charge in [-0.1, -0.05) is 24.3 Å². The normalized spacial score (nSPS) is 12.3. The van der Waals surface area contributed by atoms with E-state index in [-0.39, 0.29) is 11.9 Å². The van der Waals surface area contributed by atoms with E-state index in [1.54, 1.807) is 6.33 Å². The van der Waals surface area contributed by atoms with Crippen LogP contribution in [0.2, 0.25) is 0 Å². The van der Waals surface area contributed by atoms with Gasteiger partial charge in [0, 0.05) is 11.4 Å². The number of carbonyl (C=O) groups is 1. The highest BCUT2D eigenvalue weighted by atomic mass is 16.2. The first kappa shape index (κ1) is 15.2. The van der Waals surface area contributed by atoms with Crippen LogP contribution in [0.15, 0.2) is 36.7 Å². The molecule has 0 fully saturated rings. The van der Waals surface area contributed by atoms with Crippen LogP contribution < -0.4 is 5.32 Å². The molecule has 0 aliphatic heterocycles. The number of hydrogen-bond acceptors (Lipinski definition) is 3. The Hall–Kier alpha value is -2.69. The van der Waals surface area contributed by atoms with Crippen molar-refractivity contribution in [1.29, 1.82) is 0 Å². The summed E-state index contributed by atoms with van der Waals surface area (Å²) in [7, 11) is 0. The highest BCUT2D eigenvalue weighted by molar-refractivity contribution is 5.98. The van der Waals surface area contributed by atoms with Crippen molar-refractivity contribution in [2.45, 2.75) is 33.7 Å². The summed E-state index contributed by atoms with van der Waals surface area (Å²) >= 11 is 0. The standard InChI is InChI=1S/C18H20N4O/c1-11-7-5-6-8-15(11)14(4)21-18(23)16-17-20-12(2)9-13(3)22(17)10-19-16/h5-10,14H,1-4H3,(H,21,23)/t14-/m1/s1. The number of carbonyl (C=O) groups excluding carboxylic acids is 1. The van der Waals surface area contributed by atoms with E-state index >= 15 is 0 Å². The van der Waals surface area contributed by atoms with E-state index in [4.69, 9.17) is 0 Å². The molecule has 5 heteroatoms. The van der Waals surface area contributed by atoms with Crippen molar-refractivity contribution < 1.29 is 4.79 Å². The van der Waals surface area contributed by atoms with E-state index in [1.165, 1.54) is 0 Å². The monoisotopic (exact) mass is 308 g/mol. The maximum atomic E-state index is 12.6. The third kappa shape index (κ3) is 2.82. The molecule has 0 bridgehead atoms. The second-order valence-corrected chi connectivity index (χ2v) is 5.88. The van der Waals surface area contributed by atoms with Gasteiger partial charge in [-0.15, -0.1) is 0 Å². The molecule has 3 rings (SSSR count). The molecular weight excluding hydrogens is 288 g/mol. The fourth-order valence-electron chi connectivity index (χ4n) is 2.85. The first-order valence-electron chi connectivity index (χ1n) is 7.65. The fourth-order valence-corrected chi connectivity index (χ4v) is 2.85. The zero-order chi connectivity index (χ0) is 16.6. The summed E-state index contributed by atoms with van der Waals surface area (Å²) in [5.41, 5.74) is 5.08. The molecule has 0 aliphatic carbocycles. The zero-order valence-electron chi connectivity index (χ0n) is 13.8. The maximum absolute atomic E-state index is 12.6. The van der Waals surface area contributed by atoms with Crippen LogP contribution in [0.25, 0.3) is 5.65 Å². The largest absolute Gasteiger partial charge is 0.344 e. The van der Waals surface area contributed by atoms with Crippen LogP contribution in [-0.2, 0) is 0 Å². The number of rotatable bonds is 3. The minimum Gasteiger partial charge on any atom is -0.344 e. The molecule has 0 saturated heterocycles. The lowest BCUT2D eigenvalue weighted by molar-refractivity contribution is 0.0937. The summed E-state index contributed by atoms with van der Waals surface area (Å²) in [6.07, 6.45) is 1.64. The molecule has 1 atom stereocenters. The predicted molar refractivity (Wildman–Crippen MR) is 89.5 cm³/mol. The summed E-state index contributed by atoms with van der Waals surface area (Å²) in [5.74, 6) is -0.208. The predicted octanol–water partition coefficient (Wildman–Crippen LogP) is 3.15. The Labute approximate surface area is 135 Å². The molecule has 0 saturated carbocycles. The number of aromatic nitrogens is 3. The van der Waals surface area contributed by atoms with Gasteiger partial charge in [0.1, 0.15) is 6.33 Å². The lowest BCUT2D eigenvalue weighted by Gasteiger charge is -2.16. The van der Waals surface area contributed by atoms with Gasteiger partial charge in [-0.2, -0.15) is 0 Å². The van der Waals surface area contributed by atoms with Gasteiger partial charge in [-0.3, -0.25) is 9.20 Å². The Morgan fingerprint density at radius 1 is 1.22 bits per heavy atom. The average molecular weight is 308 g/mol. The van der Waals surface area contributed by atoms with Crippen LogP contribution in [0.3, 0.4) is 0 Å². The first-order valence-corrected chi connectivity index (χ1v) is 7.65. The Kier molecular flexibility index (Phi) is 3.86. The number of hydrogen-bond donors (Lipinski definition) is 1. The molecule has 0 radical (unpaired) electrons. The van der Waals surface area contributed by atoms with Crippen molar-refractivity contribution in [1.82, 2.24) is 19.7 Å². The average Bonchev–Trinajstić information content (AvgIpc) is 2.91. The molecule has 118 valence electrons. The van der Waals surface area contributed by atoms with Crippen LogP contribution in [0.5, 0.6) is 0 Å². The first-order chi connectivity index (χ1) is 11.0. The lowest BCUT2D eigenvalue weighted by Crippen LogP contribution is -2.27. The summed E-state index contributed by atoms with van der Waals surface area (Å²) in [4.78, 5) is 21.3. The number of imidazole rings is 1. The van der Waals surface area contributed by atoms with Crippen molar-refractivity contribution in [3.05, 3.63) is 64.9 Å². The highest BCUT2D eigenvalue weighted by Crippen LogP contribution is 2.18. The molecule has 1 aromatic carbocycles. The Bertz CT molecular complexity index is 882. The van der Waals surface area contributed by atoms with Crippen molar-refractivity contribution in [3.8, 4) is 0 Å². The Morgan fingerprint density at radius 3 is 2.70 bits per heavy atom. The van der Waals surface area contributed by atoms with E-state index in [2.05, 4.69) is 15.3 Å². The van der Waals surface area contributed by atoms with E-state index in [1.807, 2.05) is 62.4 Å². The zero-order valence-corrected chi connectivity index (χ0v) is 13.8. The molecule has 1 N–H and O–H groups in total. The van der Waals surface area contributed by atoms with Crippen molar-refractivity contribution in [2.75, 3.05) is 0 Å². The van der Waals surface area contributed by atoms with Gasteiger partial charge >= 0.3 is 0 Å². The number of benzene rings is 1. The van der Waals surface area contributed by atoms with Crippen LogP contribution in [-0.4, -0.2) is 20.3 Å². The molecular formula is C18H20N4O. The molecule has 5 nitrogen and oxygen atoms in total. The van der Waals surface area contributed by atoms with Crippen LogP contribution in [0.4, 0.5) is 0 Å². The molecule has 2 heterocycles. The van der Waals surface area contributed by atoms with E-state index < -0.39 is 0 Å². The number of aryl methyl sites for hydroxylation is 3. The van der Waals surface area contributed by atoms with Gasteiger partial charge < -0.3 is 5.32 Å².